The van der Waals surface area contributed by atoms with E-state index >= 15 is 0 Å². The molecule has 152 valence electrons. The largest absolute Gasteiger partial charge is 0.497 e. The molecule has 5 rings (SSSR count). The van der Waals surface area contributed by atoms with Gasteiger partial charge in [0.05, 0.1) is 12.8 Å². The lowest BCUT2D eigenvalue weighted by molar-refractivity contribution is 0.243. The molecule has 3 heterocycles. The summed E-state index contributed by atoms with van der Waals surface area (Å²) < 4.78 is 7.61. The zero-order chi connectivity index (χ0) is 20.7. The number of aromatic nitrogens is 3. The highest BCUT2D eigenvalue weighted by molar-refractivity contribution is 6.30. The third-order valence-electron chi connectivity index (χ3n) is 5.79. The van der Waals surface area contributed by atoms with Crippen LogP contribution in [0, 0.1) is 0 Å². The fraction of sp³-hybridized carbons (Fsp3) is 0.250. The molecule has 4 aromatic rings. The molecule has 30 heavy (non-hydrogen) atoms. The van der Waals surface area contributed by atoms with Gasteiger partial charge in [0.2, 0.25) is 0 Å². The highest BCUT2D eigenvalue weighted by atomic mass is 35.5. The summed E-state index contributed by atoms with van der Waals surface area (Å²) in [6, 6.07) is 13.9. The Hall–Kier alpha value is -2.89. The van der Waals surface area contributed by atoms with Crippen LogP contribution in [0.2, 0.25) is 5.02 Å². The number of rotatable bonds is 4. The SMILES string of the molecule is COc1ccc2c(c1)c(CN1CCc3nc(-c4ccc(Cl)cc4)ncc3C1)cn2C. The number of aryl methyl sites for hydroxylation is 1. The molecule has 0 saturated heterocycles. The first-order chi connectivity index (χ1) is 14.6. The van der Waals surface area contributed by atoms with E-state index in [0.717, 1.165) is 53.9 Å². The molecule has 0 unspecified atom stereocenters. The molecule has 0 amide bonds. The van der Waals surface area contributed by atoms with Crippen LogP contribution in [0.3, 0.4) is 0 Å². The predicted molar refractivity (Wildman–Crippen MR) is 120 cm³/mol. The van der Waals surface area contributed by atoms with E-state index < -0.39 is 0 Å². The second-order valence-corrected chi connectivity index (χ2v) is 8.22. The van der Waals surface area contributed by atoms with Crippen molar-refractivity contribution < 1.29 is 4.74 Å². The van der Waals surface area contributed by atoms with Crippen LogP contribution in [0.4, 0.5) is 0 Å². The van der Waals surface area contributed by atoms with Crippen molar-refractivity contribution in [2.24, 2.45) is 7.05 Å². The number of fused-ring (bicyclic) bond motifs is 2. The zero-order valence-electron chi connectivity index (χ0n) is 17.1. The summed E-state index contributed by atoms with van der Waals surface area (Å²) in [5, 5.41) is 1.97. The first-order valence-electron chi connectivity index (χ1n) is 10.1. The van der Waals surface area contributed by atoms with Crippen molar-refractivity contribution >= 4 is 22.5 Å². The van der Waals surface area contributed by atoms with Gasteiger partial charge in [0, 0.05) is 72.5 Å². The number of nitrogens with zero attached hydrogens (tertiary/aromatic N) is 4. The van der Waals surface area contributed by atoms with Gasteiger partial charge in [0.15, 0.2) is 5.82 Å². The molecular formula is C24H23ClN4O. The van der Waals surface area contributed by atoms with E-state index in [2.05, 4.69) is 39.8 Å². The van der Waals surface area contributed by atoms with Gasteiger partial charge in [-0.05, 0) is 48.0 Å². The van der Waals surface area contributed by atoms with Crippen molar-refractivity contribution in [2.45, 2.75) is 19.5 Å². The molecule has 6 heteroatoms. The van der Waals surface area contributed by atoms with Crippen molar-refractivity contribution in [2.75, 3.05) is 13.7 Å². The molecule has 0 radical (unpaired) electrons. The first-order valence-corrected chi connectivity index (χ1v) is 10.4. The molecule has 0 saturated carbocycles. The quantitative estimate of drug-likeness (QED) is 0.475. The molecule has 2 aromatic heterocycles. The molecule has 2 aromatic carbocycles. The van der Waals surface area contributed by atoms with Crippen LogP contribution < -0.4 is 4.74 Å². The Morgan fingerprint density at radius 1 is 1.13 bits per heavy atom. The van der Waals surface area contributed by atoms with Crippen LogP contribution >= 0.6 is 11.6 Å². The maximum atomic E-state index is 6.00. The fourth-order valence-corrected chi connectivity index (χ4v) is 4.32. The van der Waals surface area contributed by atoms with Gasteiger partial charge in [-0.15, -0.1) is 0 Å². The van der Waals surface area contributed by atoms with Gasteiger partial charge < -0.3 is 9.30 Å². The average molecular weight is 419 g/mol. The van der Waals surface area contributed by atoms with Crippen molar-refractivity contribution in [1.82, 2.24) is 19.4 Å². The molecule has 0 N–H and O–H groups in total. The van der Waals surface area contributed by atoms with E-state index in [1.165, 1.54) is 22.0 Å². The fourth-order valence-electron chi connectivity index (χ4n) is 4.19. The molecule has 0 bridgehead atoms. The van der Waals surface area contributed by atoms with Crippen molar-refractivity contribution in [3.8, 4) is 17.1 Å². The monoisotopic (exact) mass is 418 g/mol. The minimum absolute atomic E-state index is 0.721. The first kappa shape index (κ1) is 19.1. The summed E-state index contributed by atoms with van der Waals surface area (Å²) in [6.07, 6.45) is 5.12. The number of benzene rings is 2. The van der Waals surface area contributed by atoms with Gasteiger partial charge in [-0.1, -0.05) is 11.6 Å². The van der Waals surface area contributed by atoms with Gasteiger partial charge >= 0.3 is 0 Å². The summed E-state index contributed by atoms with van der Waals surface area (Å²) in [5.41, 5.74) is 5.88. The zero-order valence-corrected chi connectivity index (χ0v) is 17.9. The number of hydrogen-bond donors (Lipinski definition) is 0. The Kier molecular flexibility index (Phi) is 4.93. The van der Waals surface area contributed by atoms with E-state index in [1.807, 2.05) is 36.5 Å². The number of hydrogen-bond acceptors (Lipinski definition) is 4. The van der Waals surface area contributed by atoms with Gasteiger partial charge in [0.1, 0.15) is 5.75 Å². The average Bonchev–Trinajstić information content (AvgIpc) is 3.08. The highest BCUT2D eigenvalue weighted by Gasteiger charge is 2.20. The predicted octanol–water partition coefficient (Wildman–Crippen LogP) is 4.86. The third-order valence-corrected chi connectivity index (χ3v) is 6.04. The maximum Gasteiger partial charge on any atom is 0.159 e. The lowest BCUT2D eigenvalue weighted by Gasteiger charge is -2.28. The maximum absolute atomic E-state index is 6.00. The summed E-state index contributed by atoms with van der Waals surface area (Å²) in [7, 11) is 3.81. The Bertz CT molecular complexity index is 1220. The molecule has 0 spiro atoms. The van der Waals surface area contributed by atoms with Gasteiger partial charge in [-0.3, -0.25) is 4.90 Å². The normalized spacial score (nSPS) is 14.1. The van der Waals surface area contributed by atoms with Crippen LogP contribution in [0.5, 0.6) is 5.75 Å². The van der Waals surface area contributed by atoms with E-state index in [1.54, 1.807) is 7.11 Å². The molecule has 0 aliphatic carbocycles. The summed E-state index contributed by atoms with van der Waals surface area (Å²) in [6.45, 7) is 2.73. The van der Waals surface area contributed by atoms with Crippen molar-refractivity contribution in [3.63, 3.8) is 0 Å². The number of halogens is 1. The lowest BCUT2D eigenvalue weighted by atomic mass is 10.1. The summed E-state index contributed by atoms with van der Waals surface area (Å²) >= 11 is 6.00. The third kappa shape index (κ3) is 3.55. The van der Waals surface area contributed by atoms with E-state index in [0.29, 0.717) is 0 Å². The molecule has 0 fully saturated rings. The van der Waals surface area contributed by atoms with Crippen molar-refractivity contribution in [3.05, 3.63) is 76.7 Å². The van der Waals surface area contributed by atoms with Crippen LogP contribution in [-0.4, -0.2) is 33.1 Å². The van der Waals surface area contributed by atoms with Gasteiger partial charge in [-0.2, -0.15) is 0 Å². The molecule has 5 nitrogen and oxygen atoms in total. The smallest absolute Gasteiger partial charge is 0.159 e. The summed E-state index contributed by atoms with van der Waals surface area (Å²) in [4.78, 5) is 11.9. The Balaban J connectivity index is 1.37. The minimum atomic E-state index is 0.721. The topological polar surface area (TPSA) is 43.2 Å². The van der Waals surface area contributed by atoms with Crippen molar-refractivity contribution in [1.29, 1.82) is 0 Å². The van der Waals surface area contributed by atoms with Crippen LogP contribution in [0.1, 0.15) is 16.8 Å². The van der Waals surface area contributed by atoms with Gasteiger partial charge in [-0.25, -0.2) is 9.97 Å². The number of ether oxygens (including phenoxy) is 1. The van der Waals surface area contributed by atoms with E-state index in [9.17, 15) is 0 Å². The highest BCUT2D eigenvalue weighted by Crippen LogP contribution is 2.28. The second-order valence-electron chi connectivity index (χ2n) is 7.78. The Morgan fingerprint density at radius 3 is 2.77 bits per heavy atom. The number of methoxy groups -OCH3 is 1. The van der Waals surface area contributed by atoms with E-state index in [4.69, 9.17) is 21.3 Å². The minimum Gasteiger partial charge on any atom is -0.497 e. The molecule has 1 aliphatic heterocycles. The standard InChI is InChI=1S/C24H23ClN4O/c1-28-13-18(21-11-20(30-2)7-8-23(21)28)15-29-10-9-22-17(14-29)12-26-24(27-22)16-3-5-19(25)6-4-16/h3-8,11-13H,9-10,14-15H2,1-2H3. The Labute approximate surface area is 180 Å². The summed E-state index contributed by atoms with van der Waals surface area (Å²) in [5.74, 6) is 1.65. The van der Waals surface area contributed by atoms with Crippen LogP contribution in [0.25, 0.3) is 22.3 Å². The molecule has 0 atom stereocenters. The lowest BCUT2D eigenvalue weighted by Crippen LogP contribution is -2.30. The van der Waals surface area contributed by atoms with Crippen LogP contribution in [-0.2, 0) is 26.6 Å². The van der Waals surface area contributed by atoms with E-state index in [-0.39, 0.29) is 0 Å². The second kappa shape index (κ2) is 7.74. The van der Waals surface area contributed by atoms with Crippen LogP contribution in [0.15, 0.2) is 54.9 Å². The Morgan fingerprint density at radius 2 is 1.97 bits per heavy atom. The molecular weight excluding hydrogens is 396 g/mol. The van der Waals surface area contributed by atoms with Gasteiger partial charge in [0.25, 0.3) is 0 Å². The molecule has 1 aliphatic rings.